The number of aliphatic hydroxyl groups is 1. The van der Waals surface area contributed by atoms with E-state index in [0.717, 1.165) is 44.4 Å². The standard InChI is InChI=1S/C15H26N2O2/c1-3-13(4-2)17-9-8-12(16-17)11-14(18)15-7-5-6-10-19-15/h8-9,13-15,18H,3-7,10-11H2,1-2H3. The molecule has 0 amide bonds. The van der Waals surface area contributed by atoms with Crippen molar-refractivity contribution in [3.63, 3.8) is 0 Å². The van der Waals surface area contributed by atoms with Crippen LogP contribution in [-0.2, 0) is 11.2 Å². The predicted octanol–water partition coefficient (Wildman–Crippen LogP) is 2.72. The van der Waals surface area contributed by atoms with Gasteiger partial charge in [0.15, 0.2) is 0 Å². The summed E-state index contributed by atoms with van der Waals surface area (Å²) in [6.07, 6.45) is 7.61. The maximum atomic E-state index is 10.2. The van der Waals surface area contributed by atoms with Crippen LogP contribution < -0.4 is 0 Å². The second kappa shape index (κ2) is 7.06. The summed E-state index contributed by atoms with van der Waals surface area (Å²) >= 11 is 0. The summed E-state index contributed by atoms with van der Waals surface area (Å²) in [7, 11) is 0. The van der Waals surface area contributed by atoms with Crippen LogP contribution in [0, 0.1) is 0 Å². The van der Waals surface area contributed by atoms with Crippen molar-refractivity contribution >= 4 is 0 Å². The van der Waals surface area contributed by atoms with Gasteiger partial charge in [-0.3, -0.25) is 4.68 Å². The van der Waals surface area contributed by atoms with Gasteiger partial charge in [-0.2, -0.15) is 5.10 Å². The molecule has 2 unspecified atom stereocenters. The molecule has 1 aliphatic heterocycles. The molecule has 4 nitrogen and oxygen atoms in total. The Labute approximate surface area is 115 Å². The number of aliphatic hydroxyl groups excluding tert-OH is 1. The van der Waals surface area contributed by atoms with Crippen molar-refractivity contribution in [2.24, 2.45) is 0 Å². The highest BCUT2D eigenvalue weighted by Crippen LogP contribution is 2.19. The van der Waals surface area contributed by atoms with Crippen molar-refractivity contribution < 1.29 is 9.84 Å². The van der Waals surface area contributed by atoms with Crippen LogP contribution in [0.3, 0.4) is 0 Å². The van der Waals surface area contributed by atoms with E-state index in [4.69, 9.17) is 4.74 Å². The number of hydrogen-bond donors (Lipinski definition) is 1. The highest BCUT2D eigenvalue weighted by Gasteiger charge is 2.23. The van der Waals surface area contributed by atoms with Crippen molar-refractivity contribution in [2.45, 2.75) is 70.6 Å². The lowest BCUT2D eigenvalue weighted by molar-refractivity contribution is -0.0614. The zero-order valence-electron chi connectivity index (χ0n) is 12.1. The van der Waals surface area contributed by atoms with Gasteiger partial charge in [0.1, 0.15) is 0 Å². The van der Waals surface area contributed by atoms with Crippen molar-refractivity contribution in [1.82, 2.24) is 9.78 Å². The van der Waals surface area contributed by atoms with Gasteiger partial charge in [-0.05, 0) is 38.2 Å². The summed E-state index contributed by atoms with van der Waals surface area (Å²) in [4.78, 5) is 0. The largest absolute Gasteiger partial charge is 0.390 e. The maximum Gasteiger partial charge on any atom is 0.0857 e. The third kappa shape index (κ3) is 3.80. The first-order valence-electron chi connectivity index (χ1n) is 7.58. The quantitative estimate of drug-likeness (QED) is 0.861. The van der Waals surface area contributed by atoms with Gasteiger partial charge < -0.3 is 9.84 Å². The van der Waals surface area contributed by atoms with E-state index in [9.17, 15) is 5.11 Å². The molecule has 108 valence electrons. The maximum absolute atomic E-state index is 10.2. The van der Waals surface area contributed by atoms with Crippen molar-refractivity contribution in [3.05, 3.63) is 18.0 Å². The first-order valence-corrected chi connectivity index (χ1v) is 7.58. The lowest BCUT2D eigenvalue weighted by atomic mass is 10.0. The fourth-order valence-corrected chi connectivity index (χ4v) is 2.77. The third-order valence-corrected chi connectivity index (χ3v) is 4.04. The number of rotatable bonds is 6. The molecular weight excluding hydrogens is 240 g/mol. The van der Waals surface area contributed by atoms with Gasteiger partial charge in [0, 0.05) is 19.2 Å². The van der Waals surface area contributed by atoms with Gasteiger partial charge in [0.05, 0.1) is 23.9 Å². The molecule has 1 aromatic heterocycles. The first kappa shape index (κ1) is 14.5. The molecule has 1 fully saturated rings. The molecule has 1 aromatic rings. The molecule has 1 saturated heterocycles. The van der Waals surface area contributed by atoms with Crippen LogP contribution in [0.15, 0.2) is 12.3 Å². The van der Waals surface area contributed by atoms with Crippen molar-refractivity contribution in [3.8, 4) is 0 Å². The fraction of sp³-hybridized carbons (Fsp3) is 0.800. The molecule has 2 heterocycles. The normalized spacial score (nSPS) is 21.8. The second-order valence-corrected chi connectivity index (χ2v) is 5.43. The Morgan fingerprint density at radius 3 is 2.84 bits per heavy atom. The summed E-state index contributed by atoms with van der Waals surface area (Å²) in [6.45, 7) is 5.14. The summed E-state index contributed by atoms with van der Waals surface area (Å²) in [5.41, 5.74) is 0.966. The molecule has 0 bridgehead atoms. The molecule has 1 aliphatic rings. The van der Waals surface area contributed by atoms with E-state index in [-0.39, 0.29) is 6.10 Å². The van der Waals surface area contributed by atoms with Gasteiger partial charge in [0.25, 0.3) is 0 Å². The number of nitrogens with zero attached hydrogens (tertiary/aromatic N) is 2. The van der Waals surface area contributed by atoms with Crippen LogP contribution in [-0.4, -0.2) is 33.7 Å². The predicted molar refractivity (Wildman–Crippen MR) is 75.1 cm³/mol. The molecule has 2 rings (SSSR count). The van der Waals surface area contributed by atoms with Crippen LogP contribution in [0.2, 0.25) is 0 Å². The monoisotopic (exact) mass is 266 g/mol. The van der Waals surface area contributed by atoms with E-state index >= 15 is 0 Å². The Morgan fingerprint density at radius 1 is 1.42 bits per heavy atom. The molecule has 0 saturated carbocycles. The minimum atomic E-state index is -0.426. The van der Waals surface area contributed by atoms with Crippen LogP contribution >= 0.6 is 0 Å². The molecule has 1 N–H and O–H groups in total. The number of ether oxygens (including phenoxy) is 1. The SMILES string of the molecule is CCC(CC)n1ccc(CC(O)C2CCCCO2)n1. The lowest BCUT2D eigenvalue weighted by Crippen LogP contribution is -2.33. The first-order chi connectivity index (χ1) is 9.24. The molecule has 0 spiro atoms. The lowest BCUT2D eigenvalue weighted by Gasteiger charge is -2.26. The number of hydrogen-bond acceptors (Lipinski definition) is 3. The smallest absolute Gasteiger partial charge is 0.0857 e. The molecule has 0 aliphatic carbocycles. The Balaban J connectivity index is 1.91. The summed E-state index contributed by atoms with van der Waals surface area (Å²) in [5.74, 6) is 0. The molecule has 2 atom stereocenters. The van der Waals surface area contributed by atoms with Crippen LogP contribution in [0.25, 0.3) is 0 Å². The zero-order chi connectivity index (χ0) is 13.7. The molecule has 4 heteroatoms. The van der Waals surface area contributed by atoms with Crippen molar-refractivity contribution in [1.29, 1.82) is 0 Å². The van der Waals surface area contributed by atoms with E-state index in [1.807, 2.05) is 16.9 Å². The third-order valence-electron chi connectivity index (χ3n) is 4.04. The fourth-order valence-electron chi connectivity index (χ4n) is 2.77. The Hall–Kier alpha value is -0.870. The average molecular weight is 266 g/mol. The van der Waals surface area contributed by atoms with E-state index in [2.05, 4.69) is 18.9 Å². The molecular formula is C15H26N2O2. The van der Waals surface area contributed by atoms with Gasteiger partial charge in [0.2, 0.25) is 0 Å². The Bertz CT molecular complexity index is 368. The van der Waals surface area contributed by atoms with E-state index in [1.54, 1.807) is 0 Å². The number of aromatic nitrogens is 2. The Morgan fingerprint density at radius 2 is 2.21 bits per heavy atom. The topological polar surface area (TPSA) is 47.3 Å². The van der Waals surface area contributed by atoms with Crippen LogP contribution in [0.4, 0.5) is 0 Å². The van der Waals surface area contributed by atoms with Gasteiger partial charge >= 0.3 is 0 Å². The summed E-state index contributed by atoms with van der Waals surface area (Å²) in [6, 6.07) is 2.49. The van der Waals surface area contributed by atoms with Crippen LogP contribution in [0.5, 0.6) is 0 Å². The molecule has 0 radical (unpaired) electrons. The van der Waals surface area contributed by atoms with E-state index in [1.165, 1.54) is 0 Å². The zero-order valence-corrected chi connectivity index (χ0v) is 12.1. The second-order valence-electron chi connectivity index (χ2n) is 5.43. The highest BCUT2D eigenvalue weighted by atomic mass is 16.5. The van der Waals surface area contributed by atoms with E-state index in [0.29, 0.717) is 12.5 Å². The van der Waals surface area contributed by atoms with Gasteiger partial charge in [-0.1, -0.05) is 13.8 Å². The highest BCUT2D eigenvalue weighted by molar-refractivity contribution is 5.02. The van der Waals surface area contributed by atoms with Crippen LogP contribution in [0.1, 0.15) is 57.7 Å². The summed E-state index contributed by atoms with van der Waals surface area (Å²) < 4.78 is 7.66. The van der Waals surface area contributed by atoms with Gasteiger partial charge in [-0.25, -0.2) is 0 Å². The minimum absolute atomic E-state index is 0.00736. The minimum Gasteiger partial charge on any atom is -0.390 e. The summed E-state index contributed by atoms with van der Waals surface area (Å²) in [5, 5.41) is 14.8. The van der Waals surface area contributed by atoms with E-state index < -0.39 is 6.10 Å². The van der Waals surface area contributed by atoms with Crippen molar-refractivity contribution in [2.75, 3.05) is 6.61 Å². The molecule has 19 heavy (non-hydrogen) atoms. The molecule has 0 aromatic carbocycles. The van der Waals surface area contributed by atoms with Gasteiger partial charge in [-0.15, -0.1) is 0 Å². The Kier molecular flexibility index (Phi) is 5.40. The average Bonchev–Trinajstić information content (AvgIpc) is 2.89.